The van der Waals surface area contributed by atoms with Crippen molar-refractivity contribution in [1.29, 1.82) is 0 Å². The number of thiophene rings is 8. The first-order valence-electron chi connectivity index (χ1n) is 41.2. The molecule has 1 aliphatic rings. The van der Waals surface area contributed by atoms with Gasteiger partial charge in [-0.15, -0.1) is 90.7 Å². The third-order valence-corrected chi connectivity index (χ3v) is 31.2. The van der Waals surface area contributed by atoms with E-state index in [1.54, 1.807) is 0 Å². The van der Waals surface area contributed by atoms with Crippen LogP contribution >= 0.6 is 90.7 Å². The predicted octanol–water partition coefficient (Wildman–Crippen LogP) is 33.6. The van der Waals surface area contributed by atoms with Gasteiger partial charge in [0, 0.05) is 103 Å². The third kappa shape index (κ3) is 21.8. The maximum atomic E-state index is 5.47. The number of hydrogen-bond donors (Lipinski definition) is 0. The molecule has 1 saturated carbocycles. The van der Waals surface area contributed by atoms with Gasteiger partial charge in [-0.25, -0.2) is 0 Å². The number of benzene rings is 4. The summed E-state index contributed by atoms with van der Waals surface area (Å²) in [5.74, 6) is 0. The Labute approximate surface area is 679 Å². The van der Waals surface area contributed by atoms with Crippen molar-refractivity contribution in [3.8, 4) is 58.5 Å². The molecule has 2 atom stereocenters. The molecule has 1 aliphatic carbocycles. The summed E-state index contributed by atoms with van der Waals surface area (Å²) in [6.45, 7) is 9.28. The summed E-state index contributed by atoms with van der Waals surface area (Å²) in [5, 5.41) is 2.48. The van der Waals surface area contributed by atoms with E-state index in [0.29, 0.717) is 0 Å². The van der Waals surface area contributed by atoms with Crippen LogP contribution in [0, 0.1) is 0 Å². The molecule has 12 heteroatoms. The van der Waals surface area contributed by atoms with Crippen LogP contribution in [-0.2, 0) is 25.7 Å². The van der Waals surface area contributed by atoms with Crippen LogP contribution in [0.1, 0.15) is 239 Å². The first-order valence-corrected chi connectivity index (χ1v) is 47.7. The number of aryl methyl sites for hydroxylation is 4. The molecule has 0 bridgehead atoms. The smallest absolute Gasteiger partial charge is 0.101 e. The van der Waals surface area contributed by atoms with Gasteiger partial charge in [0.05, 0.1) is 12.1 Å². The van der Waals surface area contributed by atoms with Crippen LogP contribution < -0.4 is 9.80 Å². The molecule has 0 radical (unpaired) electrons. The Balaban J connectivity index is 0.740. The average molecular weight is 1580 g/mol. The summed E-state index contributed by atoms with van der Waals surface area (Å²) in [5.41, 5.74) is 10.8. The molecule has 0 unspecified atom stereocenters. The van der Waals surface area contributed by atoms with Crippen molar-refractivity contribution in [2.24, 2.45) is 9.98 Å². The van der Waals surface area contributed by atoms with Crippen molar-refractivity contribution >= 4 is 136 Å². The minimum Gasteiger partial charge on any atom is -0.302 e. The molecule has 1 fully saturated rings. The Morgan fingerprint density at radius 1 is 0.278 bits per heavy atom. The maximum absolute atomic E-state index is 5.47. The van der Waals surface area contributed by atoms with Gasteiger partial charge in [0.25, 0.3) is 0 Å². The molecule has 8 heterocycles. The number of unbranched alkanes of at least 4 members (excludes halogenated alkanes) is 20. The summed E-state index contributed by atoms with van der Waals surface area (Å²) in [6.07, 6.45) is 44.6. The Morgan fingerprint density at radius 2 is 0.537 bits per heavy atom. The average Bonchev–Trinajstić information content (AvgIpc) is 1.62. The fourth-order valence-corrected chi connectivity index (χ4v) is 24.7. The molecule has 4 nitrogen and oxygen atoms in total. The van der Waals surface area contributed by atoms with Crippen LogP contribution in [0.25, 0.3) is 58.5 Å². The summed E-state index contributed by atoms with van der Waals surface area (Å²) < 4.78 is 0. The van der Waals surface area contributed by atoms with Crippen molar-refractivity contribution in [1.82, 2.24) is 0 Å². The lowest BCUT2D eigenvalue weighted by Crippen LogP contribution is -2.27. The second kappa shape index (κ2) is 42.2. The summed E-state index contributed by atoms with van der Waals surface area (Å²) >= 11 is 15.8. The number of aliphatic imine (C=N–C) groups is 2. The predicted molar refractivity (Wildman–Crippen MR) is 487 cm³/mol. The van der Waals surface area contributed by atoms with Crippen molar-refractivity contribution in [3.05, 3.63) is 226 Å². The molecule has 0 spiro atoms. The van der Waals surface area contributed by atoms with Crippen LogP contribution in [0.4, 0.5) is 32.8 Å². The van der Waals surface area contributed by atoms with Gasteiger partial charge in [0.1, 0.15) is 10.0 Å². The Kier molecular flexibility index (Phi) is 31.0. The van der Waals surface area contributed by atoms with E-state index in [-0.39, 0.29) is 12.1 Å². The van der Waals surface area contributed by atoms with Crippen LogP contribution in [0.15, 0.2) is 204 Å². The van der Waals surface area contributed by atoms with Crippen molar-refractivity contribution in [3.63, 3.8) is 0 Å². The highest BCUT2D eigenvalue weighted by molar-refractivity contribution is 7.30. The van der Waals surface area contributed by atoms with E-state index in [0.717, 1.165) is 38.5 Å². The quantitative estimate of drug-likeness (QED) is 0.0281. The molecule has 8 aromatic heterocycles. The molecule has 0 amide bonds. The SMILES string of the molecule is CCCCCCCCc1cc(-c2cc(CCCCCCCC)c(-c3ccc(N(c4ccccc4)c4ccccc4)s3)s2)sc1-c1ccc(C=N[C@@H]2CCCC[C@H]2N=Cc2ccc(-c3sc(-c4cc(CCCCCCCC)c(-c5ccc(N(c6ccccc6)c6ccccc6)s5)s4)cc3CCCCCCCC)s2)s1. The molecular weight excluding hydrogens is 1470 g/mol. The molecule has 0 N–H and O–H groups in total. The molecule has 0 saturated heterocycles. The number of nitrogens with zero attached hydrogens (tertiary/aromatic N) is 4. The Morgan fingerprint density at radius 3 is 0.824 bits per heavy atom. The number of hydrogen-bond acceptors (Lipinski definition) is 12. The van der Waals surface area contributed by atoms with Gasteiger partial charge in [0.2, 0.25) is 0 Å². The zero-order valence-electron chi connectivity index (χ0n) is 64.5. The van der Waals surface area contributed by atoms with Crippen molar-refractivity contribution < 1.29 is 0 Å². The van der Waals surface area contributed by atoms with Gasteiger partial charge in [-0.3, -0.25) is 9.98 Å². The number of para-hydroxylation sites is 4. The van der Waals surface area contributed by atoms with Crippen LogP contribution in [-0.4, -0.2) is 24.5 Å². The normalized spacial score (nSPS) is 14.0. The molecule has 4 aromatic carbocycles. The van der Waals surface area contributed by atoms with Crippen LogP contribution in [0.2, 0.25) is 0 Å². The standard InChI is InChI=1S/C96H112N4S8/c1-5-9-13-17-21-29-43-71-65-87(89-67-73(45-31-23-19-15-11-7-3)95(107-89)85-61-63-91(103-85)99(75-47-33-25-34-48-75)76-49-35-26-36-50-76)105-93(71)83-59-57-79(101-83)69-97-81-55-41-42-56-82(81)98-70-80-58-60-84(102-80)94-72(44-30-22-18-14-10-6-2)66-88(106-94)90-68-74(46-32-24-20-16-12-8-4)96(108-90)86-62-64-92(104-86)100(77-51-37-27-38-52-77)78-53-39-28-40-54-78/h25-28,33-40,47-54,57-70,81-82H,5-24,29-32,41-46,55-56H2,1-4H3/t81-,82-/m1/s1. The lowest BCUT2D eigenvalue weighted by atomic mass is 9.91. The zero-order valence-corrected chi connectivity index (χ0v) is 71.0. The highest BCUT2D eigenvalue weighted by Crippen LogP contribution is 2.52. The molecule has 13 rings (SSSR count). The van der Waals surface area contributed by atoms with E-state index in [4.69, 9.17) is 9.98 Å². The first-order chi connectivity index (χ1) is 53.4. The number of rotatable bonds is 44. The van der Waals surface area contributed by atoms with Gasteiger partial charge in [0.15, 0.2) is 0 Å². The minimum atomic E-state index is 0.173. The molecule has 564 valence electrons. The van der Waals surface area contributed by atoms with Gasteiger partial charge in [-0.05, 0) is 208 Å². The van der Waals surface area contributed by atoms with Gasteiger partial charge in [-0.2, -0.15) is 0 Å². The second-order valence-electron chi connectivity index (χ2n) is 29.6. The van der Waals surface area contributed by atoms with E-state index in [9.17, 15) is 0 Å². The third-order valence-electron chi connectivity index (χ3n) is 21.2. The molecule has 0 aliphatic heterocycles. The molecular formula is C96H112N4S8. The van der Waals surface area contributed by atoms with E-state index >= 15 is 0 Å². The Hall–Kier alpha value is -6.58. The van der Waals surface area contributed by atoms with Crippen molar-refractivity contribution in [2.45, 2.75) is 245 Å². The lowest BCUT2D eigenvalue weighted by molar-refractivity contribution is 0.390. The van der Waals surface area contributed by atoms with Crippen LogP contribution in [0.3, 0.4) is 0 Å². The van der Waals surface area contributed by atoms with E-state index in [2.05, 4.69) is 244 Å². The number of anilines is 6. The topological polar surface area (TPSA) is 31.2 Å². The zero-order chi connectivity index (χ0) is 73.9. The summed E-state index contributed by atoms with van der Waals surface area (Å²) in [4.78, 5) is 35.2. The first kappa shape index (κ1) is 79.5. The van der Waals surface area contributed by atoms with E-state index < -0.39 is 0 Å². The fourth-order valence-electron chi connectivity index (χ4n) is 15.3. The fraction of sp³-hybridized carbons (Fsp3) is 0.396. The highest BCUT2D eigenvalue weighted by atomic mass is 32.1. The van der Waals surface area contributed by atoms with Crippen LogP contribution in [0.5, 0.6) is 0 Å². The Bertz CT molecular complexity index is 4270. The van der Waals surface area contributed by atoms with Gasteiger partial charge in [-0.1, -0.05) is 242 Å². The minimum absolute atomic E-state index is 0.173. The maximum Gasteiger partial charge on any atom is 0.101 e. The van der Waals surface area contributed by atoms with Gasteiger partial charge < -0.3 is 9.80 Å². The van der Waals surface area contributed by atoms with Crippen molar-refractivity contribution in [2.75, 3.05) is 9.80 Å². The monoisotopic (exact) mass is 1580 g/mol. The summed E-state index contributed by atoms with van der Waals surface area (Å²) in [6, 6.07) is 73.2. The largest absolute Gasteiger partial charge is 0.302 e. The van der Waals surface area contributed by atoms with Gasteiger partial charge >= 0.3 is 0 Å². The molecule has 108 heavy (non-hydrogen) atoms. The summed E-state index contributed by atoms with van der Waals surface area (Å²) in [7, 11) is 0. The molecule has 12 aromatic rings. The second-order valence-corrected chi connectivity index (χ2v) is 38.2. The van der Waals surface area contributed by atoms with E-state index in [1.807, 2.05) is 90.7 Å². The lowest BCUT2D eigenvalue weighted by Gasteiger charge is -2.25. The highest BCUT2D eigenvalue weighted by Gasteiger charge is 2.27. The van der Waals surface area contributed by atoms with E-state index in [1.165, 1.54) is 290 Å².